The number of esters is 1. The minimum absolute atomic E-state index is 0.0483. The van der Waals surface area contributed by atoms with Gasteiger partial charge in [-0.15, -0.1) is 0 Å². The summed E-state index contributed by atoms with van der Waals surface area (Å²) in [5, 5.41) is 10.7. The Labute approximate surface area is 112 Å². The summed E-state index contributed by atoms with van der Waals surface area (Å²) in [7, 11) is 0. The highest BCUT2D eigenvalue weighted by Gasteiger charge is 2.79. The van der Waals surface area contributed by atoms with Crippen LogP contribution in [0.5, 0.6) is 0 Å². The van der Waals surface area contributed by atoms with E-state index in [-0.39, 0.29) is 35.1 Å². The summed E-state index contributed by atoms with van der Waals surface area (Å²) >= 11 is 0. The van der Waals surface area contributed by atoms with Gasteiger partial charge >= 0.3 is 5.97 Å². The number of carbonyl (C=O) groups excluding carboxylic acids is 1. The molecule has 4 fully saturated rings. The molecule has 0 radical (unpaired) electrons. The minimum Gasteiger partial charge on any atom is -0.458 e. The quantitative estimate of drug-likeness (QED) is 0.410. The lowest BCUT2D eigenvalue weighted by atomic mass is 9.76. The zero-order valence-corrected chi connectivity index (χ0v) is 11.4. The lowest BCUT2D eigenvalue weighted by Crippen LogP contribution is -2.46. The molecule has 0 aromatic rings. The molecule has 4 heteroatoms. The second kappa shape index (κ2) is 3.07. The number of hydrogen-bond donors (Lipinski definition) is 1. The molecule has 2 heterocycles. The first-order chi connectivity index (χ1) is 8.81. The van der Waals surface area contributed by atoms with E-state index in [0.29, 0.717) is 12.0 Å². The Morgan fingerprint density at radius 2 is 2.05 bits per heavy atom. The molecule has 2 saturated heterocycles. The molecule has 4 unspecified atom stereocenters. The maximum atomic E-state index is 11.8. The molecular weight excluding hydrogens is 244 g/mol. The summed E-state index contributed by atoms with van der Waals surface area (Å²) in [5.41, 5.74) is -0.695. The van der Waals surface area contributed by atoms with Crippen LogP contribution >= 0.6 is 0 Å². The van der Waals surface area contributed by atoms with Crippen LogP contribution in [0.15, 0.2) is 12.2 Å². The van der Waals surface area contributed by atoms with Gasteiger partial charge in [-0.1, -0.05) is 6.58 Å². The Bertz CT molecular complexity index is 496. The molecule has 1 spiro atoms. The number of aliphatic hydroxyl groups is 1. The van der Waals surface area contributed by atoms with Crippen LogP contribution < -0.4 is 0 Å². The first-order valence-electron chi connectivity index (χ1n) is 7.13. The van der Waals surface area contributed by atoms with Gasteiger partial charge in [0.25, 0.3) is 0 Å². The fourth-order valence-electron chi connectivity index (χ4n) is 4.92. The van der Waals surface area contributed by atoms with Gasteiger partial charge in [-0.05, 0) is 39.5 Å². The third kappa shape index (κ3) is 1.20. The number of ether oxygens (including phenoxy) is 2. The van der Waals surface area contributed by atoms with Crippen LogP contribution in [0.4, 0.5) is 0 Å². The predicted molar refractivity (Wildman–Crippen MR) is 67.3 cm³/mol. The van der Waals surface area contributed by atoms with Crippen LogP contribution in [0.3, 0.4) is 0 Å². The zero-order valence-electron chi connectivity index (χ0n) is 11.4. The molecule has 0 bridgehead atoms. The Kier molecular flexibility index (Phi) is 1.92. The highest BCUT2D eigenvalue weighted by Crippen LogP contribution is 2.69. The fourth-order valence-corrected chi connectivity index (χ4v) is 4.92. The smallest absolute Gasteiger partial charge is 0.334 e. The van der Waals surface area contributed by atoms with E-state index in [9.17, 15) is 9.90 Å². The van der Waals surface area contributed by atoms with Crippen molar-refractivity contribution in [2.24, 2.45) is 11.8 Å². The molecule has 19 heavy (non-hydrogen) atoms. The van der Waals surface area contributed by atoms with Crippen molar-refractivity contribution in [3.63, 3.8) is 0 Å². The third-order valence-corrected chi connectivity index (χ3v) is 6.05. The Morgan fingerprint density at radius 1 is 1.32 bits per heavy atom. The van der Waals surface area contributed by atoms with Gasteiger partial charge in [0.15, 0.2) is 0 Å². The topological polar surface area (TPSA) is 59.1 Å². The number of rotatable bonds is 0. The second-order valence-electron chi connectivity index (χ2n) is 7.10. The third-order valence-electron chi connectivity index (χ3n) is 6.05. The lowest BCUT2D eigenvalue weighted by molar-refractivity contribution is -0.147. The first kappa shape index (κ1) is 11.9. The SMILES string of the molecule is C=C1C(=O)OC2C1CC[C@]1(C)OC13CC[C@@](C)(O)C23. The van der Waals surface area contributed by atoms with Crippen molar-refractivity contribution >= 4 is 5.97 Å². The number of fused-ring (bicyclic) bond motifs is 2. The number of carbonyl (C=O) groups is 1. The Morgan fingerprint density at radius 3 is 2.79 bits per heavy atom. The van der Waals surface area contributed by atoms with Crippen LogP contribution in [0.1, 0.15) is 39.5 Å². The molecule has 1 N–H and O–H groups in total. The molecule has 2 saturated carbocycles. The molecule has 2 aliphatic carbocycles. The van der Waals surface area contributed by atoms with Gasteiger partial charge in [0.2, 0.25) is 0 Å². The Hall–Kier alpha value is -0.870. The summed E-state index contributed by atoms with van der Waals surface area (Å²) in [6.45, 7) is 7.87. The van der Waals surface area contributed by atoms with Crippen LogP contribution in [0, 0.1) is 11.8 Å². The maximum Gasteiger partial charge on any atom is 0.334 e. The standard InChI is InChI=1S/C15H20O4/c1-8-9-4-5-14(3)15(19-14)7-6-13(2,17)11(15)10(9)18-12(8)16/h9-11,17H,1,4-7H2,2-3H3/t9?,10?,11?,13-,14+,15?/m1/s1. The number of hydrogen-bond acceptors (Lipinski definition) is 4. The van der Waals surface area contributed by atoms with Crippen molar-refractivity contribution in [1.82, 2.24) is 0 Å². The molecule has 0 aromatic carbocycles. The van der Waals surface area contributed by atoms with E-state index in [1.165, 1.54) is 0 Å². The van der Waals surface area contributed by atoms with E-state index >= 15 is 0 Å². The van der Waals surface area contributed by atoms with Crippen LogP contribution in [-0.2, 0) is 14.3 Å². The average Bonchev–Trinajstić information content (AvgIpc) is 2.70. The molecule has 0 aromatic heterocycles. The molecule has 4 aliphatic rings. The van der Waals surface area contributed by atoms with E-state index in [4.69, 9.17) is 9.47 Å². The van der Waals surface area contributed by atoms with E-state index in [1.54, 1.807) is 0 Å². The summed E-state index contributed by atoms with van der Waals surface area (Å²) < 4.78 is 11.7. The van der Waals surface area contributed by atoms with E-state index in [2.05, 4.69) is 13.5 Å². The largest absolute Gasteiger partial charge is 0.458 e. The van der Waals surface area contributed by atoms with Gasteiger partial charge < -0.3 is 14.6 Å². The van der Waals surface area contributed by atoms with Gasteiger partial charge in [-0.3, -0.25) is 0 Å². The van der Waals surface area contributed by atoms with Gasteiger partial charge in [-0.2, -0.15) is 0 Å². The first-order valence-corrected chi connectivity index (χ1v) is 7.13. The Balaban J connectivity index is 1.82. The molecule has 2 aliphatic heterocycles. The van der Waals surface area contributed by atoms with Gasteiger partial charge in [0.05, 0.1) is 17.1 Å². The summed E-state index contributed by atoms with van der Waals surface area (Å²) in [6.07, 6.45) is 3.08. The normalized spacial score (nSPS) is 59.0. The van der Waals surface area contributed by atoms with E-state index in [0.717, 1.165) is 19.3 Å². The van der Waals surface area contributed by atoms with Gasteiger partial charge in [-0.25, -0.2) is 4.79 Å². The van der Waals surface area contributed by atoms with E-state index < -0.39 is 5.60 Å². The summed E-state index contributed by atoms with van der Waals surface area (Å²) in [5.74, 6) is -0.370. The molecule has 104 valence electrons. The highest BCUT2D eigenvalue weighted by atomic mass is 16.6. The number of epoxide rings is 1. The van der Waals surface area contributed by atoms with Gasteiger partial charge in [0.1, 0.15) is 11.7 Å². The van der Waals surface area contributed by atoms with Gasteiger partial charge in [0, 0.05) is 11.5 Å². The monoisotopic (exact) mass is 264 g/mol. The maximum absolute atomic E-state index is 11.8. The fraction of sp³-hybridized carbons (Fsp3) is 0.800. The van der Waals surface area contributed by atoms with Crippen molar-refractivity contribution in [1.29, 1.82) is 0 Å². The summed E-state index contributed by atoms with van der Waals surface area (Å²) in [4.78, 5) is 11.8. The van der Waals surface area contributed by atoms with Crippen LogP contribution in [0.25, 0.3) is 0 Å². The van der Waals surface area contributed by atoms with Crippen molar-refractivity contribution < 1.29 is 19.4 Å². The highest BCUT2D eigenvalue weighted by molar-refractivity contribution is 5.91. The van der Waals surface area contributed by atoms with Crippen molar-refractivity contribution in [2.45, 2.75) is 62.4 Å². The van der Waals surface area contributed by atoms with Crippen molar-refractivity contribution in [3.05, 3.63) is 12.2 Å². The zero-order chi connectivity index (χ0) is 13.6. The molecule has 0 amide bonds. The minimum atomic E-state index is -0.823. The molecule has 4 rings (SSSR count). The van der Waals surface area contributed by atoms with Crippen LogP contribution in [0.2, 0.25) is 0 Å². The average molecular weight is 264 g/mol. The lowest BCUT2D eigenvalue weighted by Gasteiger charge is -2.33. The molecule has 4 nitrogen and oxygen atoms in total. The summed E-state index contributed by atoms with van der Waals surface area (Å²) in [6, 6.07) is 0. The van der Waals surface area contributed by atoms with Crippen LogP contribution in [-0.4, -0.2) is 34.0 Å². The second-order valence-corrected chi connectivity index (χ2v) is 7.10. The molecular formula is C15H20O4. The molecule has 6 atom stereocenters. The van der Waals surface area contributed by atoms with Crippen molar-refractivity contribution in [3.8, 4) is 0 Å². The predicted octanol–water partition coefficient (Wildman–Crippen LogP) is 1.57. The van der Waals surface area contributed by atoms with Crippen molar-refractivity contribution in [2.75, 3.05) is 0 Å². The van der Waals surface area contributed by atoms with E-state index in [1.807, 2.05) is 6.92 Å².